The van der Waals surface area contributed by atoms with Crippen molar-refractivity contribution in [3.8, 4) is 0 Å². The molecule has 1 heterocycles. The molecule has 5 heteroatoms. The van der Waals surface area contributed by atoms with Gasteiger partial charge in [0, 0.05) is 29.5 Å². The Morgan fingerprint density at radius 2 is 1.84 bits per heavy atom. The third kappa shape index (κ3) is 3.97. The van der Waals surface area contributed by atoms with Crippen molar-refractivity contribution in [2.75, 3.05) is 23.3 Å². The van der Waals surface area contributed by atoms with Crippen molar-refractivity contribution < 1.29 is 9.90 Å². The van der Waals surface area contributed by atoms with Crippen LogP contribution >= 0.6 is 11.6 Å². The highest BCUT2D eigenvalue weighted by Crippen LogP contribution is 2.28. The molecule has 0 bridgehead atoms. The van der Waals surface area contributed by atoms with Crippen LogP contribution in [0.5, 0.6) is 0 Å². The molecule has 132 valence electrons. The average molecular weight is 359 g/mol. The van der Waals surface area contributed by atoms with E-state index in [0.717, 1.165) is 48.4 Å². The Balaban J connectivity index is 1.85. The number of para-hydroxylation sites is 1. The summed E-state index contributed by atoms with van der Waals surface area (Å²) in [4.78, 5) is 15.0. The molecule has 4 nitrogen and oxygen atoms in total. The lowest BCUT2D eigenvalue weighted by Gasteiger charge is -2.32. The van der Waals surface area contributed by atoms with Crippen LogP contribution in [-0.4, -0.2) is 30.2 Å². The van der Waals surface area contributed by atoms with Gasteiger partial charge in [-0.25, -0.2) is 0 Å². The molecule has 1 fully saturated rings. The van der Waals surface area contributed by atoms with Gasteiger partial charge in [0.05, 0.1) is 11.7 Å². The van der Waals surface area contributed by atoms with Crippen molar-refractivity contribution >= 4 is 28.9 Å². The second-order valence-electron chi connectivity index (χ2n) is 6.61. The zero-order valence-electron chi connectivity index (χ0n) is 14.6. The Bertz CT molecular complexity index is 783. The van der Waals surface area contributed by atoms with Gasteiger partial charge in [0.25, 0.3) is 5.91 Å². The SMILES string of the molecule is Cc1cc(C)c(NC(=O)c2ccccc2N2CCC(O)CC2)cc1Cl. The normalized spacial score (nSPS) is 15.3. The fourth-order valence-corrected chi connectivity index (χ4v) is 3.36. The number of anilines is 2. The smallest absolute Gasteiger partial charge is 0.257 e. The van der Waals surface area contributed by atoms with E-state index < -0.39 is 0 Å². The van der Waals surface area contributed by atoms with Crippen molar-refractivity contribution in [3.05, 3.63) is 58.1 Å². The molecule has 2 N–H and O–H groups in total. The van der Waals surface area contributed by atoms with Crippen LogP contribution in [0.4, 0.5) is 11.4 Å². The van der Waals surface area contributed by atoms with Crippen molar-refractivity contribution in [2.45, 2.75) is 32.8 Å². The Hall–Kier alpha value is -2.04. The lowest BCUT2D eigenvalue weighted by Crippen LogP contribution is -2.36. The zero-order valence-corrected chi connectivity index (χ0v) is 15.3. The van der Waals surface area contributed by atoms with E-state index in [0.29, 0.717) is 10.6 Å². The summed E-state index contributed by atoms with van der Waals surface area (Å²) in [5, 5.41) is 13.3. The largest absolute Gasteiger partial charge is 0.393 e. The number of nitrogens with zero attached hydrogens (tertiary/aromatic N) is 1. The highest BCUT2D eigenvalue weighted by Gasteiger charge is 2.21. The third-order valence-electron chi connectivity index (χ3n) is 4.71. The second-order valence-corrected chi connectivity index (χ2v) is 7.01. The molecular formula is C20H23ClN2O2. The molecule has 1 aliphatic heterocycles. The topological polar surface area (TPSA) is 52.6 Å². The summed E-state index contributed by atoms with van der Waals surface area (Å²) in [6.45, 7) is 5.40. The number of piperidine rings is 1. The number of amides is 1. The van der Waals surface area contributed by atoms with Gasteiger partial charge in [0.1, 0.15) is 0 Å². The first-order valence-electron chi connectivity index (χ1n) is 8.56. The molecule has 0 unspecified atom stereocenters. The number of halogens is 1. The maximum absolute atomic E-state index is 12.9. The highest BCUT2D eigenvalue weighted by atomic mass is 35.5. The minimum absolute atomic E-state index is 0.148. The molecule has 1 aliphatic rings. The predicted molar refractivity (Wildman–Crippen MR) is 103 cm³/mol. The molecule has 0 atom stereocenters. The minimum Gasteiger partial charge on any atom is -0.393 e. The van der Waals surface area contributed by atoms with Gasteiger partial charge in [0.2, 0.25) is 0 Å². The van der Waals surface area contributed by atoms with Crippen molar-refractivity contribution in [1.29, 1.82) is 0 Å². The molecule has 2 aromatic rings. The fraction of sp³-hybridized carbons (Fsp3) is 0.350. The summed E-state index contributed by atoms with van der Waals surface area (Å²) in [7, 11) is 0. The van der Waals surface area contributed by atoms with Crippen LogP contribution in [0.3, 0.4) is 0 Å². The highest BCUT2D eigenvalue weighted by molar-refractivity contribution is 6.31. The van der Waals surface area contributed by atoms with E-state index in [4.69, 9.17) is 11.6 Å². The van der Waals surface area contributed by atoms with E-state index in [1.165, 1.54) is 0 Å². The predicted octanol–water partition coefficient (Wildman–Crippen LogP) is 4.17. The Morgan fingerprint density at radius 1 is 1.16 bits per heavy atom. The number of carbonyl (C=O) groups excluding carboxylic acids is 1. The van der Waals surface area contributed by atoms with Gasteiger partial charge in [-0.3, -0.25) is 4.79 Å². The minimum atomic E-state index is -0.241. The molecule has 1 saturated heterocycles. The Kier molecular flexibility index (Phi) is 5.30. The quantitative estimate of drug-likeness (QED) is 0.865. The number of aryl methyl sites for hydroxylation is 2. The fourth-order valence-electron chi connectivity index (χ4n) is 3.20. The van der Waals surface area contributed by atoms with Crippen LogP contribution in [0.15, 0.2) is 36.4 Å². The van der Waals surface area contributed by atoms with E-state index in [1.807, 2.05) is 44.2 Å². The monoisotopic (exact) mass is 358 g/mol. The first-order chi connectivity index (χ1) is 12.0. The lowest BCUT2D eigenvalue weighted by molar-refractivity contribution is 0.102. The number of hydrogen-bond donors (Lipinski definition) is 2. The van der Waals surface area contributed by atoms with E-state index in [2.05, 4.69) is 10.2 Å². The lowest BCUT2D eigenvalue weighted by atomic mass is 10.0. The van der Waals surface area contributed by atoms with Crippen LogP contribution in [0.1, 0.15) is 34.3 Å². The molecular weight excluding hydrogens is 336 g/mol. The van der Waals surface area contributed by atoms with Gasteiger partial charge < -0.3 is 15.3 Å². The van der Waals surface area contributed by atoms with Crippen LogP contribution in [0.25, 0.3) is 0 Å². The van der Waals surface area contributed by atoms with Gasteiger partial charge >= 0.3 is 0 Å². The molecule has 0 saturated carbocycles. The van der Waals surface area contributed by atoms with Gasteiger partial charge in [-0.15, -0.1) is 0 Å². The third-order valence-corrected chi connectivity index (χ3v) is 5.11. The molecule has 25 heavy (non-hydrogen) atoms. The summed E-state index contributed by atoms with van der Waals surface area (Å²) in [6.07, 6.45) is 1.21. The van der Waals surface area contributed by atoms with Gasteiger partial charge in [-0.2, -0.15) is 0 Å². The van der Waals surface area contributed by atoms with Gasteiger partial charge in [0.15, 0.2) is 0 Å². The molecule has 2 aromatic carbocycles. The van der Waals surface area contributed by atoms with Crippen LogP contribution in [0, 0.1) is 13.8 Å². The van der Waals surface area contributed by atoms with E-state index in [1.54, 1.807) is 6.07 Å². The summed E-state index contributed by atoms with van der Waals surface area (Å²) in [6, 6.07) is 11.4. The van der Waals surface area contributed by atoms with Gasteiger partial charge in [-0.1, -0.05) is 29.8 Å². The van der Waals surface area contributed by atoms with Crippen LogP contribution < -0.4 is 10.2 Å². The zero-order chi connectivity index (χ0) is 18.0. The Morgan fingerprint density at radius 3 is 2.56 bits per heavy atom. The molecule has 3 rings (SSSR count). The average Bonchev–Trinajstić information content (AvgIpc) is 2.60. The number of aliphatic hydroxyl groups is 1. The van der Waals surface area contributed by atoms with Gasteiger partial charge in [-0.05, 0) is 56.0 Å². The number of carbonyl (C=O) groups is 1. The number of rotatable bonds is 3. The first kappa shape index (κ1) is 17.8. The summed E-state index contributed by atoms with van der Waals surface area (Å²) < 4.78 is 0. The Labute approximate surface area is 153 Å². The van der Waals surface area contributed by atoms with Crippen molar-refractivity contribution in [2.24, 2.45) is 0 Å². The number of aliphatic hydroxyl groups excluding tert-OH is 1. The molecule has 1 amide bonds. The number of nitrogens with one attached hydrogen (secondary N) is 1. The first-order valence-corrected chi connectivity index (χ1v) is 8.93. The summed E-state index contributed by atoms with van der Waals surface area (Å²) >= 11 is 6.20. The van der Waals surface area contributed by atoms with Crippen molar-refractivity contribution in [1.82, 2.24) is 0 Å². The standard InChI is InChI=1S/C20H23ClN2O2/c1-13-11-14(2)18(12-17(13)21)22-20(25)16-5-3-4-6-19(16)23-9-7-15(24)8-10-23/h3-6,11-12,15,24H,7-10H2,1-2H3,(H,22,25). The van der Waals surface area contributed by atoms with E-state index in [9.17, 15) is 9.90 Å². The number of benzene rings is 2. The number of hydrogen-bond acceptors (Lipinski definition) is 3. The molecule has 0 aromatic heterocycles. The maximum Gasteiger partial charge on any atom is 0.257 e. The molecule has 0 radical (unpaired) electrons. The van der Waals surface area contributed by atoms with Crippen LogP contribution in [-0.2, 0) is 0 Å². The summed E-state index contributed by atoms with van der Waals surface area (Å²) in [5.74, 6) is -0.148. The summed E-state index contributed by atoms with van der Waals surface area (Å²) in [5.41, 5.74) is 4.24. The molecule has 0 spiro atoms. The van der Waals surface area contributed by atoms with E-state index in [-0.39, 0.29) is 12.0 Å². The second kappa shape index (κ2) is 7.46. The van der Waals surface area contributed by atoms with Crippen molar-refractivity contribution in [3.63, 3.8) is 0 Å². The van der Waals surface area contributed by atoms with E-state index >= 15 is 0 Å². The molecule has 0 aliphatic carbocycles. The maximum atomic E-state index is 12.9. The van der Waals surface area contributed by atoms with Crippen LogP contribution in [0.2, 0.25) is 5.02 Å².